The number of phenols is 1. The molecule has 1 aliphatic rings. The van der Waals surface area contributed by atoms with Gasteiger partial charge in [0.2, 0.25) is 0 Å². The van der Waals surface area contributed by atoms with E-state index in [1.165, 1.54) is 0 Å². The van der Waals surface area contributed by atoms with Crippen molar-refractivity contribution in [3.63, 3.8) is 0 Å². The average Bonchev–Trinajstić information content (AvgIpc) is 2.31. The predicted molar refractivity (Wildman–Crippen MR) is 85.0 cm³/mol. The zero-order valence-electron chi connectivity index (χ0n) is 12.6. The molecule has 5 heteroatoms. The summed E-state index contributed by atoms with van der Waals surface area (Å²) in [5.74, 6) is 0.284. The van der Waals surface area contributed by atoms with Crippen molar-refractivity contribution >= 4 is 18.1 Å². The van der Waals surface area contributed by atoms with Crippen LogP contribution in [-0.2, 0) is 6.42 Å². The lowest BCUT2D eigenvalue weighted by molar-refractivity contribution is 0.110. The lowest BCUT2D eigenvalue weighted by atomic mass is 9.84. The molecule has 0 aliphatic heterocycles. The highest BCUT2D eigenvalue weighted by molar-refractivity contribution is 5.85. The number of rotatable bonds is 3. The van der Waals surface area contributed by atoms with Crippen molar-refractivity contribution in [1.29, 1.82) is 0 Å². The molecule has 0 radical (unpaired) electrons. The van der Waals surface area contributed by atoms with E-state index in [0.717, 1.165) is 29.7 Å². The first-order chi connectivity index (χ1) is 8.91. The molecule has 114 valence electrons. The first kappa shape index (κ1) is 17.1. The molecular formula is C15H25ClN2O2. The fraction of sp³-hybridized carbons (Fsp3) is 0.600. The maximum Gasteiger partial charge on any atom is 0.139 e. The molecule has 0 fully saturated rings. The summed E-state index contributed by atoms with van der Waals surface area (Å²) < 4.78 is 0. The Bertz CT molecular complexity index is 463. The second-order valence-electron chi connectivity index (χ2n) is 5.81. The smallest absolute Gasteiger partial charge is 0.139 e. The number of hydrogen-bond acceptors (Lipinski definition) is 4. The summed E-state index contributed by atoms with van der Waals surface area (Å²) in [5, 5.41) is 23.9. The molecule has 2 atom stereocenters. The van der Waals surface area contributed by atoms with Crippen molar-refractivity contribution in [1.82, 2.24) is 5.32 Å². The van der Waals surface area contributed by atoms with Gasteiger partial charge in [0.15, 0.2) is 0 Å². The average molecular weight is 301 g/mol. The van der Waals surface area contributed by atoms with Gasteiger partial charge in [0.25, 0.3) is 0 Å². The van der Waals surface area contributed by atoms with Gasteiger partial charge in [-0.25, -0.2) is 0 Å². The summed E-state index contributed by atoms with van der Waals surface area (Å²) >= 11 is 0. The summed E-state index contributed by atoms with van der Waals surface area (Å²) in [6.45, 7) is 4.18. The Balaban J connectivity index is 0.00000200. The van der Waals surface area contributed by atoms with E-state index < -0.39 is 6.10 Å². The first-order valence-electron chi connectivity index (χ1n) is 6.88. The molecule has 1 aromatic carbocycles. The van der Waals surface area contributed by atoms with Gasteiger partial charge in [-0.3, -0.25) is 0 Å². The molecule has 0 saturated carbocycles. The van der Waals surface area contributed by atoms with E-state index in [9.17, 15) is 10.2 Å². The highest BCUT2D eigenvalue weighted by Gasteiger charge is 2.30. The minimum absolute atomic E-state index is 0. The molecule has 0 spiro atoms. The summed E-state index contributed by atoms with van der Waals surface area (Å²) in [6.07, 6.45) is 1.25. The van der Waals surface area contributed by atoms with E-state index in [1.807, 2.05) is 25.1 Å². The van der Waals surface area contributed by atoms with Crippen LogP contribution in [0.1, 0.15) is 37.5 Å². The number of anilines is 1. The minimum atomic E-state index is -0.509. The third kappa shape index (κ3) is 3.19. The van der Waals surface area contributed by atoms with Crippen molar-refractivity contribution in [3.05, 3.63) is 23.3 Å². The fourth-order valence-electron chi connectivity index (χ4n) is 2.96. The number of benzene rings is 1. The van der Waals surface area contributed by atoms with Crippen LogP contribution in [0.5, 0.6) is 5.75 Å². The van der Waals surface area contributed by atoms with E-state index >= 15 is 0 Å². The van der Waals surface area contributed by atoms with Crippen LogP contribution in [0.15, 0.2) is 12.1 Å². The monoisotopic (exact) mass is 300 g/mol. The van der Waals surface area contributed by atoms with E-state index in [4.69, 9.17) is 0 Å². The Kier molecular flexibility index (Phi) is 5.68. The largest absolute Gasteiger partial charge is 0.506 e. The first-order valence-corrected chi connectivity index (χ1v) is 6.88. The zero-order chi connectivity index (χ0) is 14.2. The fourth-order valence-corrected chi connectivity index (χ4v) is 2.96. The summed E-state index contributed by atoms with van der Waals surface area (Å²) in [6, 6.07) is 3.96. The van der Waals surface area contributed by atoms with Gasteiger partial charge in [-0.2, -0.15) is 0 Å². The maximum atomic E-state index is 10.5. The van der Waals surface area contributed by atoms with Crippen LogP contribution in [-0.4, -0.2) is 36.4 Å². The van der Waals surface area contributed by atoms with Gasteiger partial charge < -0.3 is 20.4 Å². The highest BCUT2D eigenvalue weighted by atomic mass is 35.5. The molecule has 4 nitrogen and oxygen atoms in total. The van der Waals surface area contributed by atoms with Crippen LogP contribution in [0.2, 0.25) is 0 Å². The van der Waals surface area contributed by atoms with Gasteiger partial charge in [0.1, 0.15) is 5.75 Å². The van der Waals surface area contributed by atoms with Crippen molar-refractivity contribution in [2.24, 2.45) is 0 Å². The van der Waals surface area contributed by atoms with E-state index in [2.05, 4.69) is 19.2 Å². The molecule has 0 bridgehead atoms. The number of hydrogen-bond donors (Lipinski definition) is 3. The van der Waals surface area contributed by atoms with E-state index in [1.54, 1.807) is 6.07 Å². The SMILES string of the molecule is CC(C)N[C@H]1CCc2c(ccc(O)c2N(C)C)[C@@H]1O.Cl. The normalized spacial score (nSPS) is 21.3. The highest BCUT2D eigenvalue weighted by Crippen LogP contribution is 2.40. The van der Waals surface area contributed by atoms with Crippen molar-refractivity contribution in [3.8, 4) is 5.75 Å². The summed E-state index contributed by atoms with van der Waals surface area (Å²) in [7, 11) is 3.83. The predicted octanol–water partition coefficient (Wildman–Crippen LogP) is 2.23. The minimum Gasteiger partial charge on any atom is -0.506 e. The number of nitrogens with one attached hydrogen (secondary N) is 1. The van der Waals surface area contributed by atoms with Gasteiger partial charge in [-0.1, -0.05) is 19.9 Å². The second-order valence-corrected chi connectivity index (χ2v) is 5.81. The van der Waals surface area contributed by atoms with Crippen LogP contribution in [0.3, 0.4) is 0 Å². The van der Waals surface area contributed by atoms with Gasteiger partial charge in [-0.15, -0.1) is 12.4 Å². The molecule has 20 heavy (non-hydrogen) atoms. The van der Waals surface area contributed by atoms with Crippen molar-refractivity contribution in [2.75, 3.05) is 19.0 Å². The van der Waals surface area contributed by atoms with Crippen LogP contribution in [0, 0.1) is 0 Å². The third-order valence-electron chi connectivity index (χ3n) is 3.70. The molecule has 0 saturated heterocycles. The van der Waals surface area contributed by atoms with Crippen LogP contribution < -0.4 is 10.2 Å². The summed E-state index contributed by atoms with van der Waals surface area (Å²) in [5.41, 5.74) is 2.84. The second kappa shape index (κ2) is 6.66. The Morgan fingerprint density at radius 2 is 1.95 bits per heavy atom. The molecule has 0 heterocycles. The Morgan fingerprint density at radius 1 is 1.30 bits per heavy atom. The van der Waals surface area contributed by atoms with Crippen LogP contribution >= 0.6 is 12.4 Å². The summed E-state index contributed by atoms with van der Waals surface area (Å²) in [4.78, 5) is 1.91. The van der Waals surface area contributed by atoms with Gasteiger partial charge in [0, 0.05) is 26.2 Å². The number of aromatic hydroxyl groups is 1. The van der Waals surface area contributed by atoms with Gasteiger partial charge in [-0.05, 0) is 30.0 Å². The standard InChI is InChI=1S/C15H24N2O2.ClH/c1-9(2)16-12-7-5-10-11(15(12)19)6-8-13(18)14(10)17(3)4;/h6,8-9,12,15-16,18-19H,5,7H2,1-4H3;1H/t12-,15-;/m0./s1. The molecule has 0 unspecified atom stereocenters. The van der Waals surface area contributed by atoms with E-state index in [0.29, 0.717) is 6.04 Å². The quantitative estimate of drug-likeness (QED) is 0.801. The topological polar surface area (TPSA) is 55.7 Å². The Labute approximate surface area is 127 Å². The number of nitrogens with zero attached hydrogens (tertiary/aromatic N) is 1. The number of fused-ring (bicyclic) bond motifs is 1. The van der Waals surface area contributed by atoms with Crippen LogP contribution in [0.25, 0.3) is 0 Å². The molecule has 2 rings (SSSR count). The zero-order valence-corrected chi connectivity index (χ0v) is 13.4. The molecule has 0 amide bonds. The van der Waals surface area contributed by atoms with Gasteiger partial charge >= 0.3 is 0 Å². The molecular weight excluding hydrogens is 276 g/mol. The van der Waals surface area contributed by atoms with Crippen molar-refractivity contribution in [2.45, 2.75) is 44.9 Å². The lowest BCUT2D eigenvalue weighted by Crippen LogP contribution is -2.42. The number of halogens is 1. The maximum absolute atomic E-state index is 10.5. The van der Waals surface area contributed by atoms with Crippen molar-refractivity contribution < 1.29 is 10.2 Å². The molecule has 1 aromatic rings. The lowest BCUT2D eigenvalue weighted by Gasteiger charge is -2.34. The molecule has 0 aromatic heterocycles. The number of phenolic OH excluding ortho intramolecular Hbond substituents is 1. The third-order valence-corrected chi connectivity index (χ3v) is 3.70. The Hall–Kier alpha value is -0.970. The van der Waals surface area contributed by atoms with E-state index in [-0.39, 0.29) is 24.2 Å². The van der Waals surface area contributed by atoms with Crippen LogP contribution in [0.4, 0.5) is 5.69 Å². The number of aliphatic hydroxyl groups excluding tert-OH is 1. The Morgan fingerprint density at radius 3 is 2.50 bits per heavy atom. The van der Waals surface area contributed by atoms with Gasteiger partial charge in [0.05, 0.1) is 11.8 Å². The molecule has 3 N–H and O–H groups in total. The number of aliphatic hydroxyl groups is 1. The molecule has 1 aliphatic carbocycles.